The predicted octanol–water partition coefficient (Wildman–Crippen LogP) is 0.0616. The molecule has 1 atom stereocenters. The zero-order chi connectivity index (χ0) is 11.5. The summed E-state index contributed by atoms with van der Waals surface area (Å²) in [4.78, 5) is 24.3. The van der Waals surface area contributed by atoms with Crippen LogP contribution in [0.3, 0.4) is 0 Å². The summed E-state index contributed by atoms with van der Waals surface area (Å²) in [6.07, 6.45) is 3.60. The maximum absolute atomic E-state index is 11.6. The molecule has 0 bridgehead atoms. The number of nitrogens with zero attached hydrogens (tertiary/aromatic N) is 1. The molecule has 2 aliphatic rings. The summed E-state index contributed by atoms with van der Waals surface area (Å²) in [5.41, 5.74) is 0. The maximum atomic E-state index is 11.6. The summed E-state index contributed by atoms with van der Waals surface area (Å²) < 4.78 is 0. The van der Waals surface area contributed by atoms with Gasteiger partial charge in [0.2, 0.25) is 5.91 Å². The molecule has 2 N–H and O–H groups in total. The van der Waals surface area contributed by atoms with E-state index in [9.17, 15) is 9.59 Å². The fourth-order valence-corrected chi connectivity index (χ4v) is 2.17. The van der Waals surface area contributed by atoms with Gasteiger partial charge in [-0.3, -0.25) is 14.5 Å². The van der Waals surface area contributed by atoms with Crippen molar-refractivity contribution in [2.75, 3.05) is 19.6 Å². The number of carbonyl (C=O) groups excluding carboxylic acids is 1. The van der Waals surface area contributed by atoms with E-state index in [-0.39, 0.29) is 12.3 Å². The van der Waals surface area contributed by atoms with Gasteiger partial charge in [-0.2, -0.15) is 0 Å². The first-order valence-corrected chi connectivity index (χ1v) is 5.90. The van der Waals surface area contributed by atoms with E-state index in [0.29, 0.717) is 6.54 Å². The van der Waals surface area contributed by atoms with Crippen LogP contribution in [-0.4, -0.2) is 47.6 Å². The molecule has 2 rings (SSSR count). The summed E-state index contributed by atoms with van der Waals surface area (Å²) >= 11 is 0. The first-order chi connectivity index (χ1) is 7.66. The van der Waals surface area contributed by atoms with Gasteiger partial charge in [0.25, 0.3) is 0 Å². The van der Waals surface area contributed by atoms with Crippen LogP contribution in [0.4, 0.5) is 0 Å². The average Bonchev–Trinajstić information content (AvgIpc) is 3.02. The molecular formula is C11H18N2O3. The van der Waals surface area contributed by atoms with Gasteiger partial charge in [-0.1, -0.05) is 12.8 Å². The van der Waals surface area contributed by atoms with Crippen molar-refractivity contribution in [3.63, 3.8) is 0 Å². The van der Waals surface area contributed by atoms with Crippen LogP contribution in [0.15, 0.2) is 0 Å². The molecule has 2 fully saturated rings. The van der Waals surface area contributed by atoms with E-state index in [1.807, 2.05) is 4.90 Å². The van der Waals surface area contributed by atoms with Crippen molar-refractivity contribution in [2.45, 2.75) is 31.7 Å². The van der Waals surface area contributed by atoms with E-state index >= 15 is 0 Å². The Bertz CT molecular complexity index is 289. The Labute approximate surface area is 94.8 Å². The fourth-order valence-electron chi connectivity index (χ4n) is 2.17. The minimum Gasteiger partial charge on any atom is -0.481 e. The molecule has 1 aliphatic carbocycles. The van der Waals surface area contributed by atoms with Gasteiger partial charge < -0.3 is 10.4 Å². The Kier molecular flexibility index (Phi) is 3.43. The lowest BCUT2D eigenvalue weighted by Crippen LogP contribution is -2.56. The molecule has 0 aromatic rings. The van der Waals surface area contributed by atoms with Gasteiger partial charge in [-0.15, -0.1) is 0 Å². The molecule has 1 aliphatic heterocycles. The molecule has 1 amide bonds. The van der Waals surface area contributed by atoms with Gasteiger partial charge in [0.15, 0.2) is 0 Å². The van der Waals surface area contributed by atoms with Crippen molar-refractivity contribution in [3.05, 3.63) is 0 Å². The standard InChI is InChI=1S/C11H18N2O3/c14-10(15)7-9-11(16)12-4-6-13(9)5-3-8-1-2-8/h8-9H,1-7H2,(H,12,16)(H,14,15). The highest BCUT2D eigenvalue weighted by Crippen LogP contribution is 2.32. The van der Waals surface area contributed by atoms with Crippen LogP contribution in [0.1, 0.15) is 25.7 Å². The van der Waals surface area contributed by atoms with Gasteiger partial charge in [0, 0.05) is 13.1 Å². The Hall–Kier alpha value is -1.10. The first-order valence-electron chi connectivity index (χ1n) is 5.90. The van der Waals surface area contributed by atoms with E-state index in [2.05, 4.69) is 5.32 Å². The van der Waals surface area contributed by atoms with E-state index < -0.39 is 12.0 Å². The van der Waals surface area contributed by atoms with Crippen LogP contribution >= 0.6 is 0 Å². The molecule has 1 saturated heterocycles. The van der Waals surface area contributed by atoms with Crippen molar-refractivity contribution in [1.29, 1.82) is 0 Å². The van der Waals surface area contributed by atoms with Crippen molar-refractivity contribution in [3.8, 4) is 0 Å². The Morgan fingerprint density at radius 1 is 1.50 bits per heavy atom. The molecule has 1 heterocycles. The highest BCUT2D eigenvalue weighted by Gasteiger charge is 2.32. The SMILES string of the molecule is O=C(O)CC1C(=O)NCCN1CCC1CC1. The van der Waals surface area contributed by atoms with E-state index in [0.717, 1.165) is 25.4 Å². The third-order valence-corrected chi connectivity index (χ3v) is 3.33. The lowest BCUT2D eigenvalue weighted by Gasteiger charge is -2.34. The predicted molar refractivity (Wildman–Crippen MR) is 58.0 cm³/mol. The highest BCUT2D eigenvalue weighted by molar-refractivity contribution is 5.86. The average molecular weight is 226 g/mol. The summed E-state index contributed by atoms with van der Waals surface area (Å²) in [5, 5.41) is 11.5. The van der Waals surface area contributed by atoms with Crippen LogP contribution < -0.4 is 5.32 Å². The van der Waals surface area contributed by atoms with Crippen LogP contribution in [-0.2, 0) is 9.59 Å². The summed E-state index contributed by atoms with van der Waals surface area (Å²) in [6, 6.07) is -0.468. The van der Waals surface area contributed by atoms with Gasteiger partial charge >= 0.3 is 5.97 Å². The maximum Gasteiger partial charge on any atom is 0.305 e. The van der Waals surface area contributed by atoms with Crippen molar-refractivity contribution in [1.82, 2.24) is 10.2 Å². The fraction of sp³-hybridized carbons (Fsp3) is 0.818. The van der Waals surface area contributed by atoms with Crippen molar-refractivity contribution >= 4 is 11.9 Å². The number of aliphatic carboxylic acids is 1. The van der Waals surface area contributed by atoms with Crippen LogP contribution in [0.25, 0.3) is 0 Å². The number of carbonyl (C=O) groups is 2. The Balaban J connectivity index is 1.89. The quantitative estimate of drug-likeness (QED) is 0.695. The van der Waals surface area contributed by atoms with E-state index in [1.54, 1.807) is 0 Å². The highest BCUT2D eigenvalue weighted by atomic mass is 16.4. The van der Waals surface area contributed by atoms with Crippen molar-refractivity contribution < 1.29 is 14.7 Å². The lowest BCUT2D eigenvalue weighted by atomic mass is 10.1. The molecule has 16 heavy (non-hydrogen) atoms. The molecule has 5 nitrogen and oxygen atoms in total. The minimum absolute atomic E-state index is 0.0868. The zero-order valence-electron chi connectivity index (χ0n) is 9.32. The third-order valence-electron chi connectivity index (χ3n) is 3.33. The molecule has 0 aromatic heterocycles. The molecule has 0 spiro atoms. The molecule has 5 heteroatoms. The Morgan fingerprint density at radius 3 is 2.88 bits per heavy atom. The number of carboxylic acid groups (broad SMARTS) is 1. The number of amides is 1. The molecular weight excluding hydrogens is 208 g/mol. The lowest BCUT2D eigenvalue weighted by molar-refractivity contribution is -0.143. The second-order valence-corrected chi connectivity index (χ2v) is 4.67. The van der Waals surface area contributed by atoms with E-state index in [4.69, 9.17) is 5.11 Å². The Morgan fingerprint density at radius 2 is 2.25 bits per heavy atom. The number of nitrogens with one attached hydrogen (secondary N) is 1. The topological polar surface area (TPSA) is 69.6 Å². The van der Waals surface area contributed by atoms with Gasteiger partial charge in [0.05, 0.1) is 12.5 Å². The first kappa shape index (κ1) is 11.4. The van der Waals surface area contributed by atoms with E-state index in [1.165, 1.54) is 12.8 Å². The summed E-state index contributed by atoms with van der Waals surface area (Å²) in [5.74, 6) is -0.224. The van der Waals surface area contributed by atoms with Crippen LogP contribution in [0.5, 0.6) is 0 Å². The number of carboxylic acids is 1. The largest absolute Gasteiger partial charge is 0.481 e. The minimum atomic E-state index is -0.904. The molecule has 0 aromatic carbocycles. The molecule has 1 saturated carbocycles. The van der Waals surface area contributed by atoms with Gasteiger partial charge in [-0.05, 0) is 18.9 Å². The van der Waals surface area contributed by atoms with Crippen LogP contribution in [0.2, 0.25) is 0 Å². The second-order valence-electron chi connectivity index (χ2n) is 4.67. The second kappa shape index (κ2) is 4.82. The van der Waals surface area contributed by atoms with Gasteiger partial charge in [-0.25, -0.2) is 0 Å². The van der Waals surface area contributed by atoms with Crippen LogP contribution in [0, 0.1) is 5.92 Å². The van der Waals surface area contributed by atoms with Gasteiger partial charge in [0.1, 0.15) is 0 Å². The molecule has 90 valence electrons. The molecule has 1 unspecified atom stereocenters. The third kappa shape index (κ3) is 2.95. The van der Waals surface area contributed by atoms with Crippen molar-refractivity contribution in [2.24, 2.45) is 5.92 Å². The smallest absolute Gasteiger partial charge is 0.305 e. The summed E-state index contributed by atoms with van der Waals surface area (Å²) in [7, 11) is 0. The number of piperazine rings is 1. The number of hydrogen-bond acceptors (Lipinski definition) is 3. The zero-order valence-corrected chi connectivity index (χ0v) is 9.32. The number of rotatable bonds is 5. The monoisotopic (exact) mass is 226 g/mol. The molecule has 0 radical (unpaired) electrons. The normalized spacial score (nSPS) is 26.5. The number of hydrogen-bond donors (Lipinski definition) is 2. The summed E-state index contributed by atoms with van der Waals surface area (Å²) in [6.45, 7) is 2.27.